The lowest BCUT2D eigenvalue weighted by Crippen LogP contribution is -1.88. The first-order chi connectivity index (χ1) is 3.27. The summed E-state index contributed by atoms with van der Waals surface area (Å²) < 4.78 is 2.18. The van der Waals surface area contributed by atoms with Crippen molar-refractivity contribution in [2.45, 2.75) is 23.7 Å². The summed E-state index contributed by atoms with van der Waals surface area (Å²) in [7, 11) is 0. The van der Waals surface area contributed by atoms with Crippen LogP contribution in [0.25, 0.3) is 0 Å². The van der Waals surface area contributed by atoms with Crippen LogP contribution in [0.5, 0.6) is 0 Å². The molecule has 1 atom stereocenters. The van der Waals surface area contributed by atoms with Crippen LogP contribution in [-0.4, -0.2) is 8.35 Å². The standard InChI is InChI=1S/C5H10I2/c1-5(7)3-2-4-6/h5H,2-4H2,1H3. The van der Waals surface area contributed by atoms with Crippen molar-refractivity contribution in [2.75, 3.05) is 4.43 Å². The Hall–Kier alpha value is 1.46. The first-order valence-electron chi connectivity index (χ1n) is 2.47. The summed E-state index contributed by atoms with van der Waals surface area (Å²) >= 11 is 4.88. The molecule has 1 unspecified atom stereocenters. The van der Waals surface area contributed by atoms with Crippen molar-refractivity contribution in [3.63, 3.8) is 0 Å². The highest BCUT2D eigenvalue weighted by molar-refractivity contribution is 14.1. The molecule has 0 aromatic carbocycles. The first-order valence-corrected chi connectivity index (χ1v) is 5.24. The zero-order valence-corrected chi connectivity index (χ0v) is 8.77. The number of halogens is 2. The Labute approximate surface area is 72.7 Å². The Morgan fingerprint density at radius 2 is 2.14 bits per heavy atom. The third kappa shape index (κ3) is 7.46. The van der Waals surface area contributed by atoms with Crippen molar-refractivity contribution in [1.82, 2.24) is 0 Å². The molecule has 2 heteroatoms. The summed E-state index contributed by atoms with van der Waals surface area (Å²) in [4.78, 5) is 0. The van der Waals surface area contributed by atoms with E-state index in [9.17, 15) is 0 Å². The van der Waals surface area contributed by atoms with Gasteiger partial charge >= 0.3 is 0 Å². The van der Waals surface area contributed by atoms with Crippen LogP contribution in [0, 0.1) is 0 Å². The minimum atomic E-state index is 0.868. The van der Waals surface area contributed by atoms with Crippen LogP contribution in [-0.2, 0) is 0 Å². The molecule has 0 heterocycles. The SMILES string of the molecule is CC(I)CCCI. The molecule has 0 amide bonds. The van der Waals surface area contributed by atoms with Crippen molar-refractivity contribution in [3.8, 4) is 0 Å². The highest BCUT2D eigenvalue weighted by atomic mass is 127. The quantitative estimate of drug-likeness (QED) is 0.553. The molecule has 0 aliphatic heterocycles. The molecule has 0 spiro atoms. The Morgan fingerprint density at radius 1 is 1.57 bits per heavy atom. The van der Waals surface area contributed by atoms with Gasteiger partial charge in [0.05, 0.1) is 0 Å². The van der Waals surface area contributed by atoms with Gasteiger partial charge in [0, 0.05) is 3.92 Å². The summed E-state index contributed by atoms with van der Waals surface area (Å²) in [5.41, 5.74) is 0. The smallest absolute Gasteiger partial charge is 0.00815 e. The molecule has 0 saturated carbocycles. The average Bonchev–Trinajstić information content (AvgIpc) is 1.61. The molecule has 0 N–H and O–H groups in total. The summed E-state index contributed by atoms with van der Waals surface area (Å²) in [6.45, 7) is 2.26. The second-order valence-corrected chi connectivity index (χ2v) is 4.82. The van der Waals surface area contributed by atoms with Crippen molar-refractivity contribution in [2.24, 2.45) is 0 Å². The predicted octanol–water partition coefficient (Wildman–Crippen LogP) is 3.03. The summed E-state index contributed by atoms with van der Waals surface area (Å²) in [6, 6.07) is 0. The third-order valence-electron chi connectivity index (χ3n) is 0.736. The van der Waals surface area contributed by atoms with Gasteiger partial charge in [0.15, 0.2) is 0 Å². The molecule has 0 saturated heterocycles. The van der Waals surface area contributed by atoms with Gasteiger partial charge in [0.1, 0.15) is 0 Å². The first kappa shape index (κ1) is 8.46. The average molecular weight is 324 g/mol. The maximum absolute atomic E-state index is 2.46. The second-order valence-electron chi connectivity index (χ2n) is 1.61. The highest BCUT2D eigenvalue weighted by Crippen LogP contribution is 2.07. The number of hydrogen-bond acceptors (Lipinski definition) is 0. The third-order valence-corrected chi connectivity index (χ3v) is 2.12. The van der Waals surface area contributed by atoms with Gasteiger partial charge in [-0.2, -0.15) is 0 Å². The maximum Gasteiger partial charge on any atom is 0.00815 e. The highest BCUT2D eigenvalue weighted by Gasteiger charge is 1.91. The molecule has 0 aliphatic carbocycles. The van der Waals surface area contributed by atoms with Crippen LogP contribution in [0.3, 0.4) is 0 Å². The van der Waals surface area contributed by atoms with Gasteiger partial charge in [-0.25, -0.2) is 0 Å². The molecule has 0 aliphatic rings. The zero-order chi connectivity index (χ0) is 5.70. The van der Waals surface area contributed by atoms with Gasteiger partial charge in [0.25, 0.3) is 0 Å². The van der Waals surface area contributed by atoms with Gasteiger partial charge in [-0.15, -0.1) is 0 Å². The van der Waals surface area contributed by atoms with Crippen LogP contribution in [0.15, 0.2) is 0 Å². The second kappa shape index (κ2) is 5.59. The fourth-order valence-electron chi connectivity index (χ4n) is 0.358. The van der Waals surface area contributed by atoms with E-state index in [1.165, 1.54) is 17.3 Å². The van der Waals surface area contributed by atoms with E-state index in [1.807, 2.05) is 0 Å². The van der Waals surface area contributed by atoms with Crippen LogP contribution in [0.1, 0.15) is 19.8 Å². The van der Waals surface area contributed by atoms with E-state index in [0.717, 1.165) is 3.92 Å². The van der Waals surface area contributed by atoms with E-state index < -0.39 is 0 Å². The molecule has 7 heavy (non-hydrogen) atoms. The van der Waals surface area contributed by atoms with Gasteiger partial charge in [0.2, 0.25) is 0 Å². The number of hydrogen-bond donors (Lipinski definition) is 0. The summed E-state index contributed by atoms with van der Waals surface area (Å²) in [5, 5.41) is 0. The summed E-state index contributed by atoms with van der Waals surface area (Å²) in [5.74, 6) is 0. The number of rotatable bonds is 3. The van der Waals surface area contributed by atoms with E-state index in [-0.39, 0.29) is 0 Å². The van der Waals surface area contributed by atoms with E-state index in [4.69, 9.17) is 0 Å². The van der Waals surface area contributed by atoms with Gasteiger partial charge in [-0.3, -0.25) is 0 Å². The van der Waals surface area contributed by atoms with Crippen LogP contribution >= 0.6 is 45.2 Å². The number of alkyl halides is 2. The Bertz CT molecular complexity index is 35.1. The van der Waals surface area contributed by atoms with E-state index >= 15 is 0 Å². The molecule has 0 aromatic rings. The molecule has 0 nitrogen and oxygen atoms in total. The van der Waals surface area contributed by atoms with E-state index in [0.29, 0.717) is 0 Å². The molecule has 0 aromatic heterocycles. The molecule has 0 fully saturated rings. The lowest BCUT2D eigenvalue weighted by Gasteiger charge is -1.96. The monoisotopic (exact) mass is 324 g/mol. The van der Waals surface area contributed by atoms with Crippen LogP contribution in [0.4, 0.5) is 0 Å². The van der Waals surface area contributed by atoms with E-state index in [2.05, 4.69) is 52.1 Å². The van der Waals surface area contributed by atoms with Gasteiger partial charge in [-0.05, 0) is 17.3 Å². The topological polar surface area (TPSA) is 0 Å². The van der Waals surface area contributed by atoms with E-state index in [1.54, 1.807) is 0 Å². The maximum atomic E-state index is 2.46. The van der Waals surface area contributed by atoms with Crippen LogP contribution < -0.4 is 0 Å². The zero-order valence-electron chi connectivity index (χ0n) is 4.45. The normalized spacial score (nSPS) is 14.1. The lowest BCUT2D eigenvalue weighted by molar-refractivity contribution is 0.822. The minimum Gasteiger partial charge on any atom is -0.0864 e. The fourth-order valence-corrected chi connectivity index (χ4v) is 1.24. The largest absolute Gasteiger partial charge is 0.0864 e. The fraction of sp³-hybridized carbons (Fsp3) is 1.00. The molecule has 0 radical (unpaired) electrons. The molecular formula is C5H10I2. The predicted molar refractivity (Wildman–Crippen MR) is 51.6 cm³/mol. The Balaban J connectivity index is 2.68. The minimum absolute atomic E-state index is 0.868. The van der Waals surface area contributed by atoms with Crippen molar-refractivity contribution >= 4 is 45.2 Å². The summed E-state index contributed by atoms with van der Waals surface area (Å²) in [6.07, 6.45) is 2.76. The van der Waals surface area contributed by atoms with Gasteiger partial charge < -0.3 is 0 Å². The lowest BCUT2D eigenvalue weighted by atomic mass is 10.3. The van der Waals surface area contributed by atoms with Crippen molar-refractivity contribution < 1.29 is 0 Å². The Morgan fingerprint density at radius 3 is 2.29 bits per heavy atom. The molecule has 0 bridgehead atoms. The van der Waals surface area contributed by atoms with Gasteiger partial charge in [-0.1, -0.05) is 52.1 Å². The Kier molecular flexibility index (Phi) is 6.76. The molecular weight excluding hydrogens is 314 g/mol. The van der Waals surface area contributed by atoms with Crippen LogP contribution in [0.2, 0.25) is 0 Å². The van der Waals surface area contributed by atoms with Crippen molar-refractivity contribution in [1.29, 1.82) is 0 Å². The van der Waals surface area contributed by atoms with Crippen molar-refractivity contribution in [3.05, 3.63) is 0 Å². The molecule has 44 valence electrons. The molecule has 0 rings (SSSR count).